The van der Waals surface area contributed by atoms with Gasteiger partial charge in [-0.05, 0) is 75.3 Å². The zero-order valence-electron chi connectivity index (χ0n) is 12.4. The quantitative estimate of drug-likeness (QED) is 0.398. The molecule has 0 fully saturated rings. The highest BCUT2D eigenvalue weighted by molar-refractivity contribution is 14.1. The molecule has 0 spiro atoms. The second-order valence-electron chi connectivity index (χ2n) is 5.31. The minimum absolute atomic E-state index is 0.612. The third-order valence-corrected chi connectivity index (χ3v) is 4.77. The van der Waals surface area contributed by atoms with E-state index in [4.69, 9.17) is 0 Å². The molecule has 0 aromatic rings. The zero-order chi connectivity index (χ0) is 14.4. The summed E-state index contributed by atoms with van der Waals surface area (Å²) in [6, 6.07) is 0. The summed E-state index contributed by atoms with van der Waals surface area (Å²) in [5.41, 5.74) is 2.89. The van der Waals surface area contributed by atoms with Crippen LogP contribution in [0.3, 0.4) is 0 Å². The Kier molecular flexibility index (Phi) is 6.08. The van der Waals surface area contributed by atoms with Crippen molar-refractivity contribution >= 4 is 22.6 Å². The fourth-order valence-corrected chi connectivity index (χ4v) is 3.54. The molecule has 20 heavy (non-hydrogen) atoms. The highest BCUT2D eigenvalue weighted by Crippen LogP contribution is 2.40. The summed E-state index contributed by atoms with van der Waals surface area (Å²) < 4.78 is 1.47. The summed E-state index contributed by atoms with van der Waals surface area (Å²) in [5.74, 6) is 1.25. The van der Waals surface area contributed by atoms with Crippen LogP contribution in [-0.2, 0) is 0 Å². The van der Waals surface area contributed by atoms with Crippen LogP contribution in [0.25, 0.3) is 0 Å². The molecule has 0 aliphatic heterocycles. The van der Waals surface area contributed by atoms with Gasteiger partial charge in [0.1, 0.15) is 0 Å². The van der Waals surface area contributed by atoms with E-state index < -0.39 is 0 Å². The van der Waals surface area contributed by atoms with Gasteiger partial charge in [-0.1, -0.05) is 61.6 Å². The molecule has 2 rings (SSSR count). The van der Waals surface area contributed by atoms with E-state index in [9.17, 15) is 0 Å². The molecule has 0 nitrogen and oxygen atoms in total. The summed E-state index contributed by atoms with van der Waals surface area (Å²) in [7, 11) is 0. The van der Waals surface area contributed by atoms with Crippen LogP contribution in [-0.4, -0.2) is 0 Å². The molecule has 2 unspecified atom stereocenters. The molecule has 2 aliphatic rings. The van der Waals surface area contributed by atoms with Gasteiger partial charge in [0, 0.05) is 0 Å². The predicted molar refractivity (Wildman–Crippen MR) is 97.9 cm³/mol. The molecule has 0 N–H and O–H groups in total. The summed E-state index contributed by atoms with van der Waals surface area (Å²) in [4.78, 5) is 0. The molecule has 0 heterocycles. The molecule has 0 bridgehead atoms. The van der Waals surface area contributed by atoms with Crippen molar-refractivity contribution in [3.05, 3.63) is 69.4 Å². The lowest BCUT2D eigenvalue weighted by molar-refractivity contribution is 0.458. The second kappa shape index (κ2) is 7.82. The largest absolute Gasteiger partial charge is 0.0842 e. The molecule has 2 atom stereocenters. The Balaban J connectivity index is 2.28. The molecule has 0 saturated carbocycles. The van der Waals surface area contributed by atoms with Gasteiger partial charge in [-0.25, -0.2) is 0 Å². The van der Waals surface area contributed by atoms with Crippen LogP contribution in [0.4, 0.5) is 0 Å². The van der Waals surface area contributed by atoms with Crippen LogP contribution in [0.2, 0.25) is 0 Å². The summed E-state index contributed by atoms with van der Waals surface area (Å²) >= 11 is 2.48. The topological polar surface area (TPSA) is 0 Å². The van der Waals surface area contributed by atoms with Crippen molar-refractivity contribution in [1.82, 2.24) is 0 Å². The lowest BCUT2D eigenvalue weighted by Crippen LogP contribution is -2.19. The SMILES string of the molecule is C/C=C(\C=C/CC)C1=CC=C(I)CC1C1C=CC=CC1. The second-order valence-corrected chi connectivity index (χ2v) is 6.70. The molecular formula is C19H23I. The van der Waals surface area contributed by atoms with E-state index in [1.54, 1.807) is 0 Å². The van der Waals surface area contributed by atoms with Crippen LogP contribution in [0.5, 0.6) is 0 Å². The minimum Gasteiger partial charge on any atom is -0.0842 e. The van der Waals surface area contributed by atoms with Crippen molar-refractivity contribution in [3.63, 3.8) is 0 Å². The molecule has 106 valence electrons. The maximum Gasteiger partial charge on any atom is -0.00452 e. The highest BCUT2D eigenvalue weighted by atomic mass is 127. The fraction of sp³-hybridized carbons (Fsp3) is 0.368. The normalized spacial score (nSPS) is 26.9. The molecule has 0 saturated heterocycles. The Hall–Kier alpha value is -0.830. The van der Waals surface area contributed by atoms with E-state index in [2.05, 4.69) is 91.1 Å². The van der Waals surface area contributed by atoms with Gasteiger partial charge in [-0.2, -0.15) is 0 Å². The maximum absolute atomic E-state index is 2.48. The van der Waals surface area contributed by atoms with E-state index >= 15 is 0 Å². The predicted octanol–water partition coefficient (Wildman–Crippen LogP) is 6.30. The number of halogens is 1. The van der Waals surface area contributed by atoms with Gasteiger partial charge >= 0.3 is 0 Å². The fourth-order valence-electron chi connectivity index (χ4n) is 2.89. The van der Waals surface area contributed by atoms with Crippen LogP contribution in [0.15, 0.2) is 69.4 Å². The van der Waals surface area contributed by atoms with Crippen molar-refractivity contribution in [2.45, 2.75) is 33.1 Å². The Morgan fingerprint density at radius 2 is 2.20 bits per heavy atom. The first kappa shape index (κ1) is 15.6. The first-order chi connectivity index (χ1) is 9.76. The van der Waals surface area contributed by atoms with E-state index in [1.807, 2.05) is 0 Å². The Morgan fingerprint density at radius 3 is 2.85 bits per heavy atom. The smallest absolute Gasteiger partial charge is 0.00452 e. The van der Waals surface area contributed by atoms with Crippen LogP contribution < -0.4 is 0 Å². The third kappa shape index (κ3) is 3.85. The van der Waals surface area contributed by atoms with Gasteiger partial charge in [0.2, 0.25) is 0 Å². The number of rotatable bonds is 4. The van der Waals surface area contributed by atoms with Crippen molar-refractivity contribution in [1.29, 1.82) is 0 Å². The monoisotopic (exact) mass is 378 g/mol. The average molecular weight is 378 g/mol. The van der Waals surface area contributed by atoms with Gasteiger partial charge in [-0.3, -0.25) is 0 Å². The standard InChI is InChI=1S/C19H23I/c1-3-5-9-15(4-2)18-13-12-17(20)14-19(18)16-10-7-6-8-11-16/h4-10,12-13,16,19H,3,11,14H2,1-2H3/b9-5-,15-4+. The highest BCUT2D eigenvalue weighted by Gasteiger charge is 2.26. The number of allylic oxidation sites excluding steroid dienone is 12. The lowest BCUT2D eigenvalue weighted by atomic mass is 9.75. The third-order valence-electron chi connectivity index (χ3n) is 3.97. The van der Waals surface area contributed by atoms with Gasteiger partial charge in [0.15, 0.2) is 0 Å². The Morgan fingerprint density at radius 1 is 1.35 bits per heavy atom. The van der Waals surface area contributed by atoms with Crippen LogP contribution in [0.1, 0.15) is 33.1 Å². The van der Waals surface area contributed by atoms with Gasteiger partial charge < -0.3 is 0 Å². The molecule has 1 heteroatoms. The average Bonchev–Trinajstić information content (AvgIpc) is 2.50. The molecular weight excluding hydrogens is 355 g/mol. The summed E-state index contributed by atoms with van der Waals surface area (Å²) in [6.07, 6.45) is 23.9. The van der Waals surface area contributed by atoms with Gasteiger partial charge in [-0.15, -0.1) is 0 Å². The molecule has 2 aliphatic carbocycles. The lowest BCUT2D eigenvalue weighted by Gasteiger charge is -2.30. The van der Waals surface area contributed by atoms with E-state index in [1.165, 1.54) is 21.1 Å². The van der Waals surface area contributed by atoms with Crippen molar-refractivity contribution in [2.75, 3.05) is 0 Å². The summed E-state index contributed by atoms with van der Waals surface area (Å²) in [6.45, 7) is 4.33. The number of hydrogen-bond donors (Lipinski definition) is 0. The van der Waals surface area contributed by atoms with Crippen molar-refractivity contribution in [3.8, 4) is 0 Å². The maximum atomic E-state index is 2.48. The minimum atomic E-state index is 0.612. The molecule has 0 aromatic heterocycles. The first-order valence-corrected chi connectivity index (χ1v) is 8.57. The first-order valence-electron chi connectivity index (χ1n) is 7.49. The van der Waals surface area contributed by atoms with E-state index in [0.29, 0.717) is 11.8 Å². The number of hydrogen-bond acceptors (Lipinski definition) is 0. The Bertz CT molecular complexity index is 512. The Labute approximate surface area is 136 Å². The van der Waals surface area contributed by atoms with Gasteiger partial charge in [0.05, 0.1) is 0 Å². The molecule has 0 amide bonds. The van der Waals surface area contributed by atoms with E-state index in [-0.39, 0.29) is 0 Å². The molecule has 0 aromatic carbocycles. The van der Waals surface area contributed by atoms with E-state index in [0.717, 1.165) is 12.8 Å². The molecule has 0 radical (unpaired) electrons. The van der Waals surface area contributed by atoms with Crippen LogP contribution in [0, 0.1) is 11.8 Å². The van der Waals surface area contributed by atoms with Gasteiger partial charge in [0.25, 0.3) is 0 Å². The van der Waals surface area contributed by atoms with Crippen molar-refractivity contribution < 1.29 is 0 Å². The van der Waals surface area contributed by atoms with Crippen molar-refractivity contribution in [2.24, 2.45) is 11.8 Å². The van der Waals surface area contributed by atoms with Crippen LogP contribution >= 0.6 is 22.6 Å². The summed E-state index contributed by atoms with van der Waals surface area (Å²) in [5, 5.41) is 0. The zero-order valence-corrected chi connectivity index (χ0v) is 14.5.